The smallest absolute Gasteiger partial charge is 0.336 e. The summed E-state index contributed by atoms with van der Waals surface area (Å²) in [5, 5.41) is 10.2. The summed E-state index contributed by atoms with van der Waals surface area (Å²) in [6.45, 7) is 0.119. The van der Waals surface area contributed by atoms with E-state index in [-0.39, 0.29) is 24.4 Å². The lowest BCUT2D eigenvalue weighted by Crippen LogP contribution is -2.14. The van der Waals surface area contributed by atoms with Crippen molar-refractivity contribution in [2.45, 2.75) is 6.42 Å². The number of nitrogens with zero attached hydrogens (tertiary/aromatic N) is 2. The number of carbonyl (C=O) groups is 2. The highest BCUT2D eigenvalue weighted by molar-refractivity contribution is 7.00. The van der Waals surface area contributed by atoms with Gasteiger partial charge in [0.15, 0.2) is 17.3 Å². The quantitative estimate of drug-likeness (QED) is 0.310. The summed E-state index contributed by atoms with van der Waals surface area (Å²) in [6.07, 6.45) is 0.0798. The van der Waals surface area contributed by atoms with E-state index >= 15 is 0 Å². The van der Waals surface area contributed by atoms with E-state index in [1.54, 1.807) is 60.7 Å². The monoisotopic (exact) mass is 474 g/mol. The van der Waals surface area contributed by atoms with Crippen molar-refractivity contribution in [1.29, 1.82) is 0 Å². The van der Waals surface area contributed by atoms with Crippen molar-refractivity contribution in [3.05, 3.63) is 82.9 Å². The lowest BCUT2D eigenvalue weighted by Gasteiger charge is -2.14. The first-order valence-electron chi connectivity index (χ1n) is 10.3. The minimum atomic E-state index is -1.21. The number of fused-ring (bicyclic) bond motifs is 2. The van der Waals surface area contributed by atoms with Gasteiger partial charge in [-0.2, -0.15) is 8.75 Å². The second-order valence-corrected chi connectivity index (χ2v) is 8.08. The molecule has 1 aromatic heterocycles. The summed E-state index contributed by atoms with van der Waals surface area (Å²) >= 11 is 1.04. The number of carboxylic acid groups (broad SMARTS) is 1. The number of hydrogen-bond donors (Lipinski definition) is 1. The Hall–Kier alpha value is -4.24. The van der Waals surface area contributed by atoms with Gasteiger partial charge in [-0.05, 0) is 59.7 Å². The average Bonchev–Trinajstić information content (AvgIpc) is 3.51. The van der Waals surface area contributed by atoms with Gasteiger partial charge in [0.05, 0.1) is 24.4 Å². The molecule has 0 saturated heterocycles. The number of carbonyl (C=O) groups excluding carboxylic acids is 1. The van der Waals surface area contributed by atoms with E-state index < -0.39 is 11.8 Å². The molecule has 5 rings (SSSR count). The predicted molar refractivity (Wildman–Crippen MR) is 126 cm³/mol. The minimum absolute atomic E-state index is 0.0798. The van der Waals surface area contributed by atoms with Crippen LogP contribution < -0.4 is 14.2 Å². The molecule has 4 aromatic rings. The Morgan fingerprint density at radius 2 is 1.68 bits per heavy atom. The van der Waals surface area contributed by atoms with Crippen LogP contribution in [-0.2, 0) is 11.2 Å². The zero-order valence-electron chi connectivity index (χ0n) is 18.0. The van der Waals surface area contributed by atoms with E-state index in [4.69, 9.17) is 14.2 Å². The molecule has 0 aliphatic carbocycles. The fraction of sp³-hybridized carbons (Fsp3) is 0.120. The molecule has 3 aromatic carbocycles. The maximum absolute atomic E-state index is 13.7. The zero-order chi connectivity index (χ0) is 23.7. The fourth-order valence-electron chi connectivity index (χ4n) is 3.82. The number of ketones is 1. The highest BCUT2D eigenvalue weighted by atomic mass is 32.1. The van der Waals surface area contributed by atoms with E-state index in [0.29, 0.717) is 39.4 Å². The first-order valence-corrected chi connectivity index (χ1v) is 11.0. The largest absolute Gasteiger partial charge is 0.497 e. The summed E-state index contributed by atoms with van der Waals surface area (Å²) in [6, 6.07) is 16.9. The minimum Gasteiger partial charge on any atom is -0.497 e. The van der Waals surface area contributed by atoms with Crippen molar-refractivity contribution < 1.29 is 28.9 Å². The Morgan fingerprint density at radius 3 is 2.44 bits per heavy atom. The Kier molecular flexibility index (Phi) is 5.69. The Bertz CT molecular complexity index is 1440. The highest BCUT2D eigenvalue weighted by Crippen LogP contribution is 2.34. The van der Waals surface area contributed by atoms with Crippen LogP contribution >= 0.6 is 11.7 Å². The SMILES string of the molecule is COc1ccc(C(=O)/C(Cc2ccc3c(c2)OCO3)=C(\C(=O)O)c2ccc3nsnc3c2)cc1. The molecule has 0 radical (unpaired) electrons. The summed E-state index contributed by atoms with van der Waals surface area (Å²) in [4.78, 5) is 26.2. The average molecular weight is 474 g/mol. The molecule has 1 N–H and O–H groups in total. The van der Waals surface area contributed by atoms with Gasteiger partial charge >= 0.3 is 5.97 Å². The van der Waals surface area contributed by atoms with E-state index in [1.807, 2.05) is 0 Å². The second kappa shape index (κ2) is 8.95. The normalized spacial score (nSPS) is 13.0. The number of aliphatic carboxylic acids is 1. The number of ether oxygens (including phenoxy) is 3. The third-order valence-electron chi connectivity index (χ3n) is 5.50. The molecule has 0 atom stereocenters. The summed E-state index contributed by atoms with van der Waals surface area (Å²) < 4.78 is 24.4. The van der Waals surface area contributed by atoms with Crippen LogP contribution in [0.15, 0.2) is 66.2 Å². The lowest BCUT2D eigenvalue weighted by atomic mass is 9.89. The van der Waals surface area contributed by atoms with Gasteiger partial charge in [-0.3, -0.25) is 4.79 Å². The topological polar surface area (TPSA) is 108 Å². The maximum atomic E-state index is 13.7. The third-order valence-corrected chi connectivity index (χ3v) is 6.06. The van der Waals surface area contributed by atoms with Gasteiger partial charge in [0, 0.05) is 17.6 Å². The molecule has 1 aliphatic rings. The van der Waals surface area contributed by atoms with Crippen LogP contribution in [0.25, 0.3) is 16.6 Å². The molecule has 0 unspecified atom stereocenters. The molecule has 0 spiro atoms. The van der Waals surface area contributed by atoms with Crippen LogP contribution in [0.3, 0.4) is 0 Å². The Balaban J connectivity index is 1.65. The molecule has 0 bridgehead atoms. The van der Waals surface area contributed by atoms with Crippen molar-refractivity contribution in [3.63, 3.8) is 0 Å². The number of methoxy groups -OCH3 is 1. The van der Waals surface area contributed by atoms with E-state index in [2.05, 4.69) is 8.75 Å². The highest BCUT2D eigenvalue weighted by Gasteiger charge is 2.25. The summed E-state index contributed by atoms with van der Waals surface area (Å²) in [5.74, 6) is 0.156. The van der Waals surface area contributed by atoms with E-state index in [0.717, 1.165) is 17.3 Å². The molecule has 0 amide bonds. The Morgan fingerprint density at radius 1 is 0.941 bits per heavy atom. The Labute approximate surface area is 198 Å². The third kappa shape index (κ3) is 4.08. The molecule has 0 fully saturated rings. The number of Topliss-reactive ketones (excluding diaryl/α,β-unsaturated/α-hetero) is 1. The van der Waals surface area contributed by atoms with Gasteiger partial charge in [-0.25, -0.2) is 4.79 Å². The maximum Gasteiger partial charge on any atom is 0.336 e. The predicted octanol–water partition coefficient (Wildman–Crippen LogP) is 4.39. The number of benzene rings is 3. The zero-order valence-corrected chi connectivity index (χ0v) is 18.8. The fourth-order valence-corrected chi connectivity index (χ4v) is 4.34. The molecule has 34 heavy (non-hydrogen) atoms. The molecule has 9 heteroatoms. The summed E-state index contributed by atoms with van der Waals surface area (Å²) in [5.41, 5.74) is 2.73. The summed E-state index contributed by atoms with van der Waals surface area (Å²) in [7, 11) is 1.54. The van der Waals surface area contributed by atoms with Crippen LogP contribution in [0.5, 0.6) is 17.2 Å². The van der Waals surface area contributed by atoms with Gasteiger partial charge in [0.25, 0.3) is 0 Å². The van der Waals surface area contributed by atoms with Crippen molar-refractivity contribution in [2.75, 3.05) is 13.9 Å². The second-order valence-electron chi connectivity index (χ2n) is 7.55. The molecular weight excluding hydrogens is 456 g/mol. The van der Waals surface area contributed by atoms with Crippen molar-refractivity contribution in [2.24, 2.45) is 0 Å². The molecule has 8 nitrogen and oxygen atoms in total. The van der Waals surface area contributed by atoms with Crippen LogP contribution in [-0.4, -0.2) is 39.5 Å². The lowest BCUT2D eigenvalue weighted by molar-refractivity contribution is -0.130. The number of rotatable bonds is 7. The van der Waals surface area contributed by atoms with E-state index in [9.17, 15) is 14.7 Å². The van der Waals surface area contributed by atoms with Crippen molar-refractivity contribution in [3.8, 4) is 17.2 Å². The van der Waals surface area contributed by atoms with Gasteiger partial charge in [0.2, 0.25) is 6.79 Å². The van der Waals surface area contributed by atoms with Gasteiger partial charge in [-0.1, -0.05) is 12.1 Å². The van der Waals surface area contributed by atoms with Crippen LogP contribution in [0, 0.1) is 0 Å². The van der Waals surface area contributed by atoms with Gasteiger partial charge in [-0.15, -0.1) is 0 Å². The first kappa shape index (κ1) is 21.6. The van der Waals surface area contributed by atoms with Crippen LogP contribution in [0.4, 0.5) is 0 Å². The first-order chi connectivity index (χ1) is 16.5. The standard InChI is InChI=1S/C25H18N2O6S/c1-31-17-6-3-15(4-7-17)24(28)18(10-14-2-9-21-22(11-14)33-13-32-21)23(25(29)30)16-5-8-19-20(12-16)27-34-26-19/h2-9,11-12H,10,13H2,1H3,(H,29,30)/b23-18-. The van der Waals surface area contributed by atoms with Crippen molar-refractivity contribution >= 4 is 40.1 Å². The number of carboxylic acids is 1. The van der Waals surface area contributed by atoms with Gasteiger partial charge in [0.1, 0.15) is 16.8 Å². The molecular formula is C25H18N2O6S. The number of aromatic nitrogens is 2. The molecule has 2 heterocycles. The molecule has 0 saturated carbocycles. The molecule has 170 valence electrons. The number of hydrogen-bond acceptors (Lipinski definition) is 8. The number of allylic oxidation sites excluding steroid dienone is 1. The molecule has 1 aliphatic heterocycles. The van der Waals surface area contributed by atoms with E-state index in [1.165, 1.54) is 7.11 Å². The van der Waals surface area contributed by atoms with Gasteiger partial charge < -0.3 is 19.3 Å². The van der Waals surface area contributed by atoms with Crippen LogP contribution in [0.1, 0.15) is 21.5 Å². The van der Waals surface area contributed by atoms with Crippen LogP contribution in [0.2, 0.25) is 0 Å². The van der Waals surface area contributed by atoms with Crippen molar-refractivity contribution in [1.82, 2.24) is 8.75 Å².